The van der Waals surface area contributed by atoms with E-state index >= 15 is 0 Å². The van der Waals surface area contributed by atoms with Crippen molar-refractivity contribution in [3.05, 3.63) is 12.2 Å². The third-order valence-electron chi connectivity index (χ3n) is 7.91. The molecule has 0 saturated heterocycles. The summed E-state index contributed by atoms with van der Waals surface area (Å²) >= 11 is 0. The summed E-state index contributed by atoms with van der Waals surface area (Å²) in [5.41, 5.74) is 0. The molecule has 44 heavy (non-hydrogen) atoms. The first-order valence-corrected chi connectivity index (χ1v) is 17.7. The number of esters is 2. The van der Waals surface area contributed by atoms with Gasteiger partial charge in [0.2, 0.25) is 0 Å². The lowest BCUT2D eigenvalue weighted by Crippen LogP contribution is -2.50. The Hall–Kier alpha value is -1.93. The van der Waals surface area contributed by atoms with Crippen LogP contribution in [0.2, 0.25) is 0 Å². The van der Waals surface area contributed by atoms with Gasteiger partial charge in [-0.15, -0.1) is 0 Å². The molecule has 0 spiro atoms. The second-order valence-electron chi connectivity index (χ2n) is 13.1. The highest BCUT2D eigenvalue weighted by Gasteiger charge is 2.31. The summed E-state index contributed by atoms with van der Waals surface area (Å²) in [6.07, 6.45) is 25.5. The van der Waals surface area contributed by atoms with E-state index in [0.29, 0.717) is 19.3 Å². The Labute approximate surface area is 269 Å². The number of carboxylic acids is 1. The van der Waals surface area contributed by atoms with E-state index in [1.165, 1.54) is 64.2 Å². The van der Waals surface area contributed by atoms with Crippen molar-refractivity contribution >= 4 is 17.9 Å². The highest BCUT2D eigenvalue weighted by molar-refractivity contribution is 5.72. The Kier molecular flexibility index (Phi) is 27.3. The van der Waals surface area contributed by atoms with Crippen LogP contribution in [-0.4, -0.2) is 80.6 Å². The number of likely N-dealkylation sites (N-methyl/N-ethyl adjacent to an activating group) is 1. The van der Waals surface area contributed by atoms with Crippen molar-refractivity contribution in [1.82, 2.24) is 0 Å². The van der Waals surface area contributed by atoms with Crippen LogP contribution in [0, 0.1) is 0 Å². The summed E-state index contributed by atoms with van der Waals surface area (Å²) in [5, 5.41) is 9.54. The minimum Gasteiger partial charge on any atom is -0.477 e. The predicted octanol–water partition coefficient (Wildman–Crippen LogP) is 8.41. The van der Waals surface area contributed by atoms with Crippen molar-refractivity contribution in [2.75, 3.05) is 41.0 Å². The summed E-state index contributed by atoms with van der Waals surface area (Å²) in [6, 6.07) is -0.609. The lowest BCUT2D eigenvalue weighted by atomic mass is 10.1. The molecule has 258 valence electrons. The average molecular weight is 627 g/mol. The molecule has 8 nitrogen and oxygen atoms in total. The van der Waals surface area contributed by atoms with Crippen LogP contribution in [0.25, 0.3) is 0 Å². The molecule has 0 aliphatic rings. The van der Waals surface area contributed by atoms with Gasteiger partial charge in [-0.1, -0.05) is 103 Å². The average Bonchev–Trinajstić information content (AvgIpc) is 2.96. The van der Waals surface area contributed by atoms with E-state index in [-0.39, 0.29) is 36.2 Å². The van der Waals surface area contributed by atoms with Crippen molar-refractivity contribution in [2.45, 2.75) is 161 Å². The smallest absolute Gasteiger partial charge is 0.362 e. The second kappa shape index (κ2) is 28.5. The molecule has 2 unspecified atom stereocenters. The standard InChI is InChI=1S/C36H67NO7/c1-6-8-10-12-14-15-16-17-18-19-21-22-24-26-34(38)43-31-32(30-42-29-28-33(36(40)41)37(3,4)5)44-35(39)27-25-23-20-13-11-9-7-2/h17-18,32-33H,6-16,19-31H2,1-5H3/p+1/b18-17+. The van der Waals surface area contributed by atoms with Crippen LogP contribution in [0.15, 0.2) is 12.2 Å². The van der Waals surface area contributed by atoms with Crippen molar-refractivity contribution in [3.63, 3.8) is 0 Å². The van der Waals surface area contributed by atoms with E-state index in [2.05, 4.69) is 26.0 Å². The lowest BCUT2D eigenvalue weighted by Gasteiger charge is -2.31. The first-order valence-electron chi connectivity index (χ1n) is 17.7. The first-order chi connectivity index (χ1) is 21.1. The van der Waals surface area contributed by atoms with Crippen molar-refractivity contribution in [1.29, 1.82) is 0 Å². The summed E-state index contributed by atoms with van der Waals surface area (Å²) in [6.45, 7) is 4.65. The molecule has 2 atom stereocenters. The lowest BCUT2D eigenvalue weighted by molar-refractivity contribution is -0.887. The molecule has 8 heteroatoms. The van der Waals surface area contributed by atoms with Crippen LogP contribution >= 0.6 is 0 Å². The zero-order chi connectivity index (χ0) is 32.9. The van der Waals surface area contributed by atoms with E-state index < -0.39 is 18.1 Å². The number of ether oxygens (including phenoxy) is 3. The van der Waals surface area contributed by atoms with Gasteiger partial charge < -0.3 is 23.8 Å². The van der Waals surface area contributed by atoms with E-state index in [0.717, 1.165) is 51.4 Å². The third kappa shape index (κ3) is 26.5. The molecule has 0 aromatic carbocycles. The number of rotatable bonds is 31. The predicted molar refractivity (Wildman–Crippen MR) is 179 cm³/mol. The van der Waals surface area contributed by atoms with Crippen LogP contribution in [-0.2, 0) is 28.6 Å². The Balaban J connectivity index is 4.42. The molecule has 0 rings (SSSR count). The SMILES string of the molecule is CCCCCCCC/C=C/CCCCCC(=O)OCC(COCCC(C(=O)O)[N+](C)(C)C)OC(=O)CCCCCCCCC. The number of quaternary nitrogens is 1. The number of allylic oxidation sites excluding steroid dienone is 2. The van der Waals surface area contributed by atoms with Crippen molar-refractivity contribution in [3.8, 4) is 0 Å². The molecule has 0 aliphatic heterocycles. The van der Waals surface area contributed by atoms with Crippen LogP contribution < -0.4 is 0 Å². The Morgan fingerprint density at radius 1 is 0.659 bits per heavy atom. The number of aliphatic carboxylic acids is 1. The quantitative estimate of drug-likeness (QED) is 0.0357. The van der Waals surface area contributed by atoms with Gasteiger partial charge in [-0.25, -0.2) is 4.79 Å². The van der Waals surface area contributed by atoms with Gasteiger partial charge in [0.1, 0.15) is 6.61 Å². The number of carboxylic acid groups (broad SMARTS) is 1. The fraction of sp³-hybridized carbons (Fsp3) is 0.861. The number of hydrogen-bond acceptors (Lipinski definition) is 6. The minimum absolute atomic E-state index is 0.0551. The molecule has 0 aromatic heterocycles. The van der Waals surface area contributed by atoms with Crippen LogP contribution in [0.1, 0.15) is 149 Å². The topological polar surface area (TPSA) is 99.1 Å². The molecular weight excluding hydrogens is 558 g/mol. The summed E-state index contributed by atoms with van der Waals surface area (Å²) in [7, 11) is 5.50. The summed E-state index contributed by atoms with van der Waals surface area (Å²) in [5.74, 6) is -1.49. The molecule has 0 fully saturated rings. The molecule has 0 saturated carbocycles. The van der Waals surface area contributed by atoms with Gasteiger partial charge in [0.05, 0.1) is 34.4 Å². The van der Waals surface area contributed by atoms with E-state index in [1.54, 1.807) is 0 Å². The van der Waals surface area contributed by atoms with Gasteiger partial charge in [0.15, 0.2) is 12.1 Å². The number of hydrogen-bond donors (Lipinski definition) is 1. The molecule has 1 N–H and O–H groups in total. The first kappa shape index (κ1) is 42.1. The number of carbonyl (C=O) groups excluding carboxylic acids is 2. The van der Waals surface area contributed by atoms with Gasteiger partial charge in [-0.05, 0) is 38.5 Å². The molecular formula is C36H68NO7+. The molecule has 0 heterocycles. The van der Waals surface area contributed by atoms with Gasteiger partial charge in [-0.2, -0.15) is 0 Å². The molecule has 0 radical (unpaired) electrons. The fourth-order valence-electron chi connectivity index (χ4n) is 5.08. The Bertz CT molecular complexity index is 747. The van der Waals surface area contributed by atoms with Gasteiger partial charge in [-0.3, -0.25) is 9.59 Å². The molecule has 0 bridgehead atoms. The van der Waals surface area contributed by atoms with E-state index in [4.69, 9.17) is 14.2 Å². The van der Waals surface area contributed by atoms with Crippen LogP contribution in [0.3, 0.4) is 0 Å². The second-order valence-corrected chi connectivity index (χ2v) is 13.1. The Morgan fingerprint density at radius 2 is 1.14 bits per heavy atom. The van der Waals surface area contributed by atoms with Gasteiger partial charge in [0.25, 0.3) is 0 Å². The van der Waals surface area contributed by atoms with Gasteiger partial charge >= 0.3 is 17.9 Å². The maximum atomic E-state index is 12.5. The summed E-state index contributed by atoms with van der Waals surface area (Å²) < 4.78 is 17.1. The van der Waals surface area contributed by atoms with Crippen LogP contribution in [0.4, 0.5) is 0 Å². The minimum atomic E-state index is -0.878. The normalized spacial score (nSPS) is 13.2. The largest absolute Gasteiger partial charge is 0.477 e. The number of unbranched alkanes of at least 4 members (excludes halogenated alkanes) is 15. The Morgan fingerprint density at radius 3 is 1.66 bits per heavy atom. The zero-order valence-electron chi connectivity index (χ0n) is 29.1. The maximum Gasteiger partial charge on any atom is 0.362 e. The van der Waals surface area contributed by atoms with E-state index in [1.807, 2.05) is 21.1 Å². The van der Waals surface area contributed by atoms with Crippen molar-refractivity contribution in [2.24, 2.45) is 0 Å². The number of carbonyl (C=O) groups is 3. The fourth-order valence-corrected chi connectivity index (χ4v) is 5.08. The van der Waals surface area contributed by atoms with E-state index in [9.17, 15) is 19.5 Å². The highest BCUT2D eigenvalue weighted by Crippen LogP contribution is 2.12. The molecule has 0 aliphatic carbocycles. The third-order valence-corrected chi connectivity index (χ3v) is 7.91. The number of nitrogens with zero attached hydrogens (tertiary/aromatic N) is 1. The summed E-state index contributed by atoms with van der Waals surface area (Å²) in [4.78, 5) is 36.5. The van der Waals surface area contributed by atoms with Gasteiger partial charge in [0, 0.05) is 19.3 Å². The zero-order valence-corrected chi connectivity index (χ0v) is 29.1. The maximum absolute atomic E-state index is 12.5. The monoisotopic (exact) mass is 626 g/mol. The molecule has 0 aromatic rings. The molecule has 0 amide bonds. The van der Waals surface area contributed by atoms with Crippen LogP contribution in [0.5, 0.6) is 0 Å². The van der Waals surface area contributed by atoms with Crippen molar-refractivity contribution < 1.29 is 38.2 Å². The highest BCUT2D eigenvalue weighted by atomic mass is 16.6.